The molecule has 0 atom stereocenters. The maximum absolute atomic E-state index is 5.73. The number of benzene rings is 1. The van der Waals surface area contributed by atoms with Gasteiger partial charge in [0.05, 0.1) is 12.5 Å². The molecule has 0 unspecified atom stereocenters. The largest absolute Gasteiger partial charge is 0.490 e. The van der Waals surface area contributed by atoms with Gasteiger partial charge in [0, 0.05) is 13.1 Å². The van der Waals surface area contributed by atoms with Gasteiger partial charge >= 0.3 is 0 Å². The smallest absolute Gasteiger partial charge is 0.132 e. The summed E-state index contributed by atoms with van der Waals surface area (Å²) in [4.78, 5) is 4.57. The van der Waals surface area contributed by atoms with Crippen molar-refractivity contribution in [2.24, 2.45) is 5.16 Å². The van der Waals surface area contributed by atoms with Crippen molar-refractivity contribution >= 4 is 6.21 Å². The van der Waals surface area contributed by atoms with Crippen molar-refractivity contribution in [3.8, 4) is 11.5 Å². The fourth-order valence-corrected chi connectivity index (χ4v) is 1.93. The van der Waals surface area contributed by atoms with Crippen LogP contribution < -0.4 is 14.8 Å². The summed E-state index contributed by atoms with van der Waals surface area (Å²) in [5, 5.41) is 6.79. The van der Waals surface area contributed by atoms with Crippen molar-refractivity contribution < 1.29 is 14.3 Å². The zero-order valence-corrected chi connectivity index (χ0v) is 14.3. The number of hydrogen-bond acceptors (Lipinski definition) is 5. The highest BCUT2D eigenvalue weighted by Crippen LogP contribution is 2.28. The lowest BCUT2D eigenvalue weighted by Crippen LogP contribution is -2.16. The third-order valence-corrected chi connectivity index (χ3v) is 2.98. The van der Waals surface area contributed by atoms with Crippen molar-refractivity contribution in [2.75, 3.05) is 26.8 Å². The van der Waals surface area contributed by atoms with E-state index in [9.17, 15) is 0 Å². The van der Waals surface area contributed by atoms with Crippen molar-refractivity contribution in [3.63, 3.8) is 0 Å². The van der Waals surface area contributed by atoms with Crippen LogP contribution in [0.2, 0.25) is 0 Å². The number of hydrogen-bond donors (Lipinski definition) is 1. The molecule has 126 valence electrons. The Balaban J connectivity index is 2.48. The van der Waals surface area contributed by atoms with Gasteiger partial charge in [0.1, 0.15) is 25.2 Å². The van der Waals surface area contributed by atoms with E-state index in [4.69, 9.17) is 9.47 Å². The summed E-state index contributed by atoms with van der Waals surface area (Å²) in [6, 6.07) is 3.97. The molecule has 1 aromatic rings. The number of ether oxygens (including phenoxy) is 2. The van der Waals surface area contributed by atoms with Gasteiger partial charge < -0.3 is 19.6 Å². The Morgan fingerprint density at radius 1 is 1.13 bits per heavy atom. The van der Waals surface area contributed by atoms with Crippen LogP contribution in [0.4, 0.5) is 0 Å². The van der Waals surface area contributed by atoms with Crippen LogP contribution >= 0.6 is 0 Å². The predicted molar refractivity (Wildman–Crippen MR) is 94.4 cm³/mol. The molecule has 5 heteroatoms. The van der Waals surface area contributed by atoms with Gasteiger partial charge in [-0.25, -0.2) is 0 Å². The number of allylic oxidation sites excluding steroid dienone is 1. The Bertz CT molecular complexity index is 528. The van der Waals surface area contributed by atoms with Crippen LogP contribution in [-0.4, -0.2) is 33.0 Å². The van der Waals surface area contributed by atoms with E-state index < -0.39 is 0 Å². The first-order chi connectivity index (χ1) is 11.2. The molecule has 0 aliphatic carbocycles. The molecular formula is C18H26N2O3. The van der Waals surface area contributed by atoms with Crippen LogP contribution in [0.5, 0.6) is 11.5 Å². The first kappa shape index (κ1) is 18.8. The van der Waals surface area contributed by atoms with Crippen molar-refractivity contribution in [3.05, 3.63) is 47.7 Å². The Kier molecular flexibility index (Phi) is 9.24. The van der Waals surface area contributed by atoms with E-state index in [0.717, 1.165) is 22.6 Å². The maximum atomic E-state index is 5.73. The fraction of sp³-hybridized carbons (Fsp3) is 0.389. The molecule has 0 fully saturated rings. The van der Waals surface area contributed by atoms with E-state index in [1.807, 2.05) is 51.1 Å². The Labute approximate surface area is 138 Å². The van der Waals surface area contributed by atoms with Gasteiger partial charge in [-0.15, -0.1) is 0 Å². The minimum absolute atomic E-state index is 0.577. The second-order valence-electron chi connectivity index (χ2n) is 4.88. The zero-order chi connectivity index (χ0) is 16.9. The van der Waals surface area contributed by atoms with E-state index in [1.165, 1.54) is 7.11 Å². The summed E-state index contributed by atoms with van der Waals surface area (Å²) in [5.74, 6) is 1.72. The van der Waals surface area contributed by atoms with Gasteiger partial charge in [-0.05, 0) is 50.1 Å². The standard InChI is InChI=1S/C18H26N2O3/c1-5-6-11-22-17-13-15(2)18(16(3)14-17)23-12-7-8-19-9-10-20-21-4/h5-7,10,12-14,19H,8-9,11H2,1-4H3/b6-5+,12-7-,20-10+. The normalized spacial score (nSPS) is 11.7. The van der Waals surface area contributed by atoms with Gasteiger partial charge in [0.2, 0.25) is 0 Å². The molecular weight excluding hydrogens is 292 g/mol. The van der Waals surface area contributed by atoms with E-state index in [2.05, 4.69) is 15.3 Å². The van der Waals surface area contributed by atoms with Crippen molar-refractivity contribution in [1.82, 2.24) is 5.32 Å². The van der Waals surface area contributed by atoms with Crippen molar-refractivity contribution in [2.45, 2.75) is 20.8 Å². The number of nitrogens with one attached hydrogen (secondary N) is 1. The van der Waals surface area contributed by atoms with Crippen LogP contribution in [0.3, 0.4) is 0 Å². The SMILES string of the molecule is C/C=C/COc1cc(C)c(O/C=C\CNC/C=N/OC)c(C)c1. The summed E-state index contributed by atoms with van der Waals surface area (Å²) < 4.78 is 11.4. The van der Waals surface area contributed by atoms with E-state index in [-0.39, 0.29) is 0 Å². The third kappa shape index (κ3) is 7.51. The Morgan fingerprint density at radius 2 is 1.87 bits per heavy atom. The van der Waals surface area contributed by atoms with Gasteiger partial charge in [-0.3, -0.25) is 0 Å². The highest BCUT2D eigenvalue weighted by molar-refractivity contribution is 5.58. The molecule has 1 rings (SSSR count). The molecule has 0 radical (unpaired) electrons. The summed E-state index contributed by atoms with van der Waals surface area (Å²) >= 11 is 0. The molecule has 0 amide bonds. The number of rotatable bonds is 10. The molecule has 0 aliphatic heterocycles. The molecule has 0 saturated heterocycles. The van der Waals surface area contributed by atoms with Gasteiger partial charge in [-0.2, -0.15) is 0 Å². The van der Waals surface area contributed by atoms with E-state index in [0.29, 0.717) is 19.7 Å². The van der Waals surface area contributed by atoms with Crippen LogP contribution in [0.15, 0.2) is 41.8 Å². The second-order valence-corrected chi connectivity index (χ2v) is 4.88. The highest BCUT2D eigenvalue weighted by atomic mass is 16.6. The lowest BCUT2D eigenvalue weighted by Gasteiger charge is -2.12. The topological polar surface area (TPSA) is 52.1 Å². The van der Waals surface area contributed by atoms with Crippen LogP contribution in [-0.2, 0) is 4.84 Å². The third-order valence-electron chi connectivity index (χ3n) is 2.98. The Morgan fingerprint density at radius 3 is 2.52 bits per heavy atom. The minimum atomic E-state index is 0.577. The summed E-state index contributed by atoms with van der Waals surface area (Å²) in [5.41, 5.74) is 2.09. The minimum Gasteiger partial charge on any atom is -0.490 e. The fourth-order valence-electron chi connectivity index (χ4n) is 1.93. The number of oxime groups is 1. The maximum Gasteiger partial charge on any atom is 0.132 e. The van der Waals surface area contributed by atoms with E-state index in [1.54, 1.807) is 12.5 Å². The summed E-state index contributed by atoms with van der Waals surface area (Å²) in [7, 11) is 1.52. The lowest BCUT2D eigenvalue weighted by atomic mass is 10.1. The van der Waals surface area contributed by atoms with E-state index >= 15 is 0 Å². The van der Waals surface area contributed by atoms with Gasteiger partial charge in [-0.1, -0.05) is 17.3 Å². The first-order valence-electron chi connectivity index (χ1n) is 7.61. The zero-order valence-electron chi connectivity index (χ0n) is 14.3. The van der Waals surface area contributed by atoms with Gasteiger partial charge in [0.15, 0.2) is 0 Å². The predicted octanol–water partition coefficient (Wildman–Crippen LogP) is 3.37. The monoisotopic (exact) mass is 318 g/mol. The molecule has 23 heavy (non-hydrogen) atoms. The molecule has 5 nitrogen and oxygen atoms in total. The van der Waals surface area contributed by atoms with Crippen LogP contribution in [0.25, 0.3) is 0 Å². The molecule has 1 aromatic carbocycles. The molecule has 0 spiro atoms. The molecule has 0 aromatic heterocycles. The average Bonchev–Trinajstić information content (AvgIpc) is 2.52. The number of aryl methyl sites for hydroxylation is 2. The Hall–Kier alpha value is -2.27. The molecule has 0 bridgehead atoms. The van der Waals surface area contributed by atoms with Crippen molar-refractivity contribution in [1.29, 1.82) is 0 Å². The summed E-state index contributed by atoms with van der Waals surface area (Å²) in [6.45, 7) is 7.92. The lowest BCUT2D eigenvalue weighted by molar-refractivity contribution is 0.214. The summed E-state index contributed by atoms with van der Waals surface area (Å²) in [6.07, 6.45) is 9.21. The second kappa shape index (κ2) is 11.3. The molecule has 1 N–H and O–H groups in total. The quantitative estimate of drug-likeness (QED) is 0.236. The van der Waals surface area contributed by atoms with Crippen LogP contribution in [0.1, 0.15) is 18.1 Å². The highest BCUT2D eigenvalue weighted by Gasteiger charge is 2.06. The molecule has 0 heterocycles. The van der Waals surface area contributed by atoms with Crippen LogP contribution in [0, 0.1) is 13.8 Å². The molecule has 0 aliphatic rings. The molecule has 0 saturated carbocycles. The average molecular weight is 318 g/mol. The number of nitrogens with zero attached hydrogens (tertiary/aromatic N) is 1. The first-order valence-corrected chi connectivity index (χ1v) is 7.61. The van der Waals surface area contributed by atoms with Gasteiger partial charge in [0.25, 0.3) is 0 Å².